The molecule has 3 aromatic carbocycles. The predicted octanol–water partition coefficient (Wildman–Crippen LogP) is 5.48. The van der Waals surface area contributed by atoms with Gasteiger partial charge in [0.15, 0.2) is 0 Å². The Kier molecular flexibility index (Phi) is 11.0. The van der Waals surface area contributed by atoms with Crippen LogP contribution in [0.25, 0.3) is 0 Å². The highest BCUT2D eigenvalue weighted by molar-refractivity contribution is 7.92. The fourth-order valence-electron chi connectivity index (χ4n) is 4.24. The van der Waals surface area contributed by atoms with Crippen molar-refractivity contribution in [1.29, 1.82) is 0 Å². The standard InChI is InChI=1S/C30H35Cl2N3O4S/c1-21(2)18-33-30(37)28(16-23-10-6-5-7-11-23)34(19-24-12-8-9-22(3)15-24)29(36)20-35(40(4,38)39)25-13-14-26(31)27(32)17-25/h5-15,17,21,28H,16,18-20H2,1-4H3,(H,33,37)/t28-/m0/s1. The molecule has 0 aliphatic rings. The Morgan fingerprint density at radius 1 is 0.900 bits per heavy atom. The molecule has 0 fully saturated rings. The van der Waals surface area contributed by atoms with Gasteiger partial charge in [0.2, 0.25) is 21.8 Å². The van der Waals surface area contributed by atoms with Crippen LogP contribution >= 0.6 is 23.2 Å². The van der Waals surface area contributed by atoms with Crippen LogP contribution in [0.5, 0.6) is 0 Å². The summed E-state index contributed by atoms with van der Waals surface area (Å²) < 4.78 is 26.7. The fraction of sp³-hybridized carbons (Fsp3) is 0.333. The third-order valence-electron chi connectivity index (χ3n) is 6.26. The van der Waals surface area contributed by atoms with Gasteiger partial charge in [-0.3, -0.25) is 13.9 Å². The van der Waals surface area contributed by atoms with Crippen molar-refractivity contribution in [3.05, 3.63) is 99.5 Å². The summed E-state index contributed by atoms with van der Waals surface area (Å²) in [6, 6.07) is 20.6. The van der Waals surface area contributed by atoms with Gasteiger partial charge >= 0.3 is 0 Å². The van der Waals surface area contributed by atoms with Gasteiger partial charge in [0.05, 0.1) is 22.0 Å². The van der Waals surface area contributed by atoms with Crippen molar-refractivity contribution >= 4 is 50.7 Å². The van der Waals surface area contributed by atoms with E-state index in [4.69, 9.17) is 23.2 Å². The van der Waals surface area contributed by atoms with Crippen LogP contribution in [0, 0.1) is 12.8 Å². The van der Waals surface area contributed by atoms with Gasteiger partial charge in [0, 0.05) is 19.5 Å². The van der Waals surface area contributed by atoms with E-state index in [1.807, 2.05) is 75.4 Å². The zero-order chi connectivity index (χ0) is 29.4. The van der Waals surface area contributed by atoms with Crippen LogP contribution in [0.3, 0.4) is 0 Å². The number of hydrogen-bond acceptors (Lipinski definition) is 4. The Morgan fingerprint density at radius 2 is 1.57 bits per heavy atom. The van der Waals surface area contributed by atoms with E-state index < -0.39 is 28.5 Å². The van der Waals surface area contributed by atoms with E-state index in [0.29, 0.717) is 6.54 Å². The van der Waals surface area contributed by atoms with Crippen LogP contribution in [-0.4, -0.2) is 50.5 Å². The molecule has 7 nitrogen and oxygen atoms in total. The first-order valence-corrected chi connectivity index (χ1v) is 15.5. The van der Waals surface area contributed by atoms with Crippen LogP contribution in [0.1, 0.15) is 30.5 Å². The molecular weight excluding hydrogens is 569 g/mol. The number of benzene rings is 3. The summed E-state index contributed by atoms with van der Waals surface area (Å²) in [7, 11) is -3.90. The van der Waals surface area contributed by atoms with Gasteiger partial charge in [0.25, 0.3) is 0 Å². The van der Waals surface area contributed by atoms with E-state index in [9.17, 15) is 18.0 Å². The first-order valence-electron chi connectivity index (χ1n) is 12.9. The van der Waals surface area contributed by atoms with E-state index >= 15 is 0 Å². The molecule has 0 radical (unpaired) electrons. The third-order valence-corrected chi connectivity index (χ3v) is 8.14. The molecule has 0 unspecified atom stereocenters. The Balaban J connectivity index is 2.06. The Labute approximate surface area is 247 Å². The molecule has 3 aromatic rings. The van der Waals surface area contributed by atoms with Gasteiger partial charge in [-0.1, -0.05) is 97.2 Å². The number of carbonyl (C=O) groups is 2. The number of nitrogens with one attached hydrogen (secondary N) is 1. The molecule has 0 aromatic heterocycles. The van der Waals surface area contributed by atoms with E-state index in [0.717, 1.165) is 27.3 Å². The second-order valence-corrected chi connectivity index (χ2v) is 12.9. The minimum atomic E-state index is -3.90. The summed E-state index contributed by atoms with van der Waals surface area (Å²) in [4.78, 5) is 29.2. The van der Waals surface area contributed by atoms with Gasteiger partial charge in [-0.05, 0) is 42.2 Å². The van der Waals surface area contributed by atoms with Crippen molar-refractivity contribution in [1.82, 2.24) is 10.2 Å². The van der Waals surface area contributed by atoms with Crippen LogP contribution < -0.4 is 9.62 Å². The lowest BCUT2D eigenvalue weighted by molar-refractivity contribution is -0.140. The van der Waals surface area contributed by atoms with Crippen molar-refractivity contribution in [2.45, 2.75) is 39.8 Å². The lowest BCUT2D eigenvalue weighted by atomic mass is 10.0. The van der Waals surface area contributed by atoms with Crippen LogP contribution in [-0.2, 0) is 32.6 Å². The topological polar surface area (TPSA) is 86.8 Å². The number of nitrogens with zero attached hydrogens (tertiary/aromatic N) is 2. The second kappa shape index (κ2) is 14.0. The van der Waals surface area contributed by atoms with E-state index in [2.05, 4.69) is 5.32 Å². The minimum Gasteiger partial charge on any atom is -0.354 e. The monoisotopic (exact) mass is 603 g/mol. The average molecular weight is 605 g/mol. The zero-order valence-electron chi connectivity index (χ0n) is 23.1. The van der Waals surface area contributed by atoms with Crippen molar-refractivity contribution in [2.24, 2.45) is 5.92 Å². The normalized spacial score (nSPS) is 12.2. The molecule has 0 heterocycles. The average Bonchev–Trinajstić information content (AvgIpc) is 2.89. The maximum atomic E-state index is 14.1. The highest BCUT2D eigenvalue weighted by atomic mass is 35.5. The summed E-state index contributed by atoms with van der Waals surface area (Å²) in [6.07, 6.45) is 1.28. The summed E-state index contributed by atoms with van der Waals surface area (Å²) >= 11 is 12.2. The summed E-state index contributed by atoms with van der Waals surface area (Å²) in [5.41, 5.74) is 2.90. The van der Waals surface area contributed by atoms with E-state index in [1.165, 1.54) is 23.1 Å². The molecule has 0 saturated carbocycles. The molecule has 0 aliphatic carbocycles. The molecule has 1 atom stereocenters. The number of halogens is 2. The van der Waals surface area contributed by atoms with E-state index in [1.54, 1.807) is 0 Å². The molecule has 0 spiro atoms. The second-order valence-electron chi connectivity index (χ2n) is 10.2. The van der Waals surface area contributed by atoms with Crippen LogP contribution in [0.4, 0.5) is 5.69 Å². The van der Waals surface area contributed by atoms with Gasteiger partial charge in [0.1, 0.15) is 12.6 Å². The maximum Gasteiger partial charge on any atom is 0.244 e. The maximum absolute atomic E-state index is 14.1. The zero-order valence-corrected chi connectivity index (χ0v) is 25.4. The predicted molar refractivity (Wildman–Crippen MR) is 162 cm³/mol. The van der Waals surface area contributed by atoms with Crippen LogP contribution in [0.2, 0.25) is 10.0 Å². The summed E-state index contributed by atoms with van der Waals surface area (Å²) in [6.45, 7) is 5.96. The largest absolute Gasteiger partial charge is 0.354 e. The molecule has 1 N–H and O–H groups in total. The van der Waals surface area contributed by atoms with Crippen molar-refractivity contribution in [3.63, 3.8) is 0 Å². The third kappa shape index (κ3) is 8.98. The molecule has 10 heteroatoms. The molecular formula is C30H35Cl2N3O4S. The first-order chi connectivity index (χ1) is 18.8. The molecule has 214 valence electrons. The number of aryl methyl sites for hydroxylation is 1. The molecule has 3 rings (SSSR count). The van der Waals surface area contributed by atoms with Gasteiger partial charge in [-0.25, -0.2) is 8.42 Å². The Hall–Kier alpha value is -3.07. The van der Waals surface area contributed by atoms with Gasteiger partial charge < -0.3 is 10.2 Å². The van der Waals surface area contributed by atoms with Crippen molar-refractivity contribution in [3.8, 4) is 0 Å². The minimum absolute atomic E-state index is 0.117. The lowest BCUT2D eigenvalue weighted by Gasteiger charge is -2.33. The van der Waals surface area contributed by atoms with Crippen molar-refractivity contribution in [2.75, 3.05) is 23.7 Å². The van der Waals surface area contributed by atoms with Gasteiger partial charge in [-0.15, -0.1) is 0 Å². The quantitative estimate of drug-likeness (QED) is 0.297. The molecule has 0 saturated heterocycles. The number of sulfonamides is 1. The number of amides is 2. The fourth-order valence-corrected chi connectivity index (χ4v) is 5.37. The highest BCUT2D eigenvalue weighted by Gasteiger charge is 2.33. The SMILES string of the molecule is Cc1cccc(CN(C(=O)CN(c2ccc(Cl)c(Cl)c2)S(C)(=O)=O)[C@@H](Cc2ccccc2)C(=O)NCC(C)C)c1. The van der Waals surface area contributed by atoms with E-state index in [-0.39, 0.29) is 40.5 Å². The number of hydrogen-bond donors (Lipinski definition) is 1. The summed E-state index contributed by atoms with van der Waals surface area (Å²) in [5, 5.41) is 3.39. The van der Waals surface area contributed by atoms with Gasteiger partial charge in [-0.2, -0.15) is 0 Å². The molecule has 40 heavy (non-hydrogen) atoms. The van der Waals surface area contributed by atoms with Crippen molar-refractivity contribution < 1.29 is 18.0 Å². The van der Waals surface area contributed by atoms with Crippen LogP contribution in [0.15, 0.2) is 72.8 Å². The first kappa shape index (κ1) is 31.5. The Bertz CT molecular complexity index is 1430. The number of anilines is 1. The smallest absolute Gasteiger partial charge is 0.244 e. The molecule has 0 bridgehead atoms. The Morgan fingerprint density at radius 3 is 2.17 bits per heavy atom. The number of rotatable bonds is 12. The molecule has 2 amide bonds. The highest BCUT2D eigenvalue weighted by Crippen LogP contribution is 2.29. The lowest BCUT2D eigenvalue weighted by Crippen LogP contribution is -2.53. The number of carbonyl (C=O) groups excluding carboxylic acids is 2. The summed E-state index contributed by atoms with van der Waals surface area (Å²) in [5.74, 6) is -0.629. The molecule has 0 aliphatic heterocycles.